The Morgan fingerprint density at radius 2 is 2.18 bits per heavy atom. The maximum atomic E-state index is 13.0. The molecule has 8 heteroatoms. The average molecular weight is 388 g/mol. The van der Waals surface area contributed by atoms with Crippen molar-refractivity contribution in [3.63, 3.8) is 0 Å². The maximum Gasteiger partial charge on any atom is 0.328 e. The normalized spacial score (nSPS) is 22.5. The van der Waals surface area contributed by atoms with Crippen molar-refractivity contribution in [2.75, 3.05) is 26.1 Å². The highest BCUT2D eigenvalue weighted by Crippen LogP contribution is 2.23. The molecule has 1 fully saturated rings. The third kappa shape index (κ3) is 4.39. The van der Waals surface area contributed by atoms with Crippen molar-refractivity contribution in [1.29, 1.82) is 0 Å². The summed E-state index contributed by atoms with van der Waals surface area (Å²) in [6.45, 7) is 2.34. The first-order valence-electron chi connectivity index (χ1n) is 9.41. The molecule has 152 valence electrons. The van der Waals surface area contributed by atoms with E-state index in [0.29, 0.717) is 18.9 Å². The van der Waals surface area contributed by atoms with Gasteiger partial charge in [0.2, 0.25) is 5.95 Å². The van der Waals surface area contributed by atoms with Crippen molar-refractivity contribution in [2.45, 2.75) is 44.4 Å². The Bertz CT molecular complexity index is 798. The minimum atomic E-state index is -0.676. The van der Waals surface area contributed by atoms with Gasteiger partial charge in [-0.2, -0.15) is 0 Å². The summed E-state index contributed by atoms with van der Waals surface area (Å²) in [6, 6.07) is 0.895. The molecule has 3 atom stereocenters. The number of hydrogen-bond acceptors (Lipinski definition) is 7. The van der Waals surface area contributed by atoms with Gasteiger partial charge in [0.25, 0.3) is 5.91 Å². The second-order valence-electron chi connectivity index (χ2n) is 6.91. The van der Waals surface area contributed by atoms with E-state index in [1.54, 1.807) is 13.2 Å². The van der Waals surface area contributed by atoms with Gasteiger partial charge in [-0.05, 0) is 31.4 Å². The highest BCUT2D eigenvalue weighted by Gasteiger charge is 2.41. The van der Waals surface area contributed by atoms with Crippen LogP contribution < -0.4 is 5.32 Å². The second-order valence-corrected chi connectivity index (χ2v) is 6.91. The van der Waals surface area contributed by atoms with E-state index in [1.165, 1.54) is 23.8 Å². The molecule has 0 saturated carbocycles. The van der Waals surface area contributed by atoms with Crippen molar-refractivity contribution < 1.29 is 20.5 Å². The molecule has 1 aliphatic heterocycles. The lowest BCUT2D eigenvalue weighted by Gasteiger charge is -2.22. The van der Waals surface area contributed by atoms with Crippen LogP contribution in [0.25, 0.3) is 0 Å². The van der Waals surface area contributed by atoms with Gasteiger partial charge in [-0.3, -0.25) is 4.79 Å². The molecule has 0 radical (unpaired) electrons. The van der Waals surface area contributed by atoms with E-state index in [0.717, 1.165) is 12.8 Å². The zero-order valence-corrected chi connectivity index (χ0v) is 16.4. The van der Waals surface area contributed by atoms with Crippen molar-refractivity contribution >= 4 is 17.8 Å². The van der Waals surface area contributed by atoms with Crippen LogP contribution in [0.3, 0.4) is 0 Å². The van der Waals surface area contributed by atoms with Crippen molar-refractivity contribution in [2.24, 2.45) is 0 Å². The maximum absolute atomic E-state index is 13.0. The standard InChI is InChI=1S/C20H26N4O4.H2/c1-13(14-7-5-4-6-8-14)22-20-21-10-9-16(23-20)18(25)24-12-15(27-2)11-17(24)19(26)28-3;/h5,7-10,13,15,17H,4,6,11-12H2,1-3H3,(H,21,22,23);1H/t13-,15+,17-;/m0./s1. The van der Waals surface area contributed by atoms with Crippen molar-refractivity contribution in [3.05, 3.63) is 41.8 Å². The number of nitrogens with zero attached hydrogens (tertiary/aromatic N) is 3. The molecule has 3 rings (SSSR count). The molecule has 1 amide bonds. The van der Waals surface area contributed by atoms with Crippen molar-refractivity contribution in [1.82, 2.24) is 14.9 Å². The molecule has 0 aromatic carbocycles. The van der Waals surface area contributed by atoms with Crippen LogP contribution in [0.4, 0.5) is 5.95 Å². The van der Waals surface area contributed by atoms with Crippen LogP contribution in [-0.2, 0) is 14.3 Å². The summed E-state index contributed by atoms with van der Waals surface area (Å²) < 4.78 is 10.2. The van der Waals surface area contributed by atoms with Crippen LogP contribution in [0.15, 0.2) is 36.1 Å². The lowest BCUT2D eigenvalue weighted by molar-refractivity contribution is -0.145. The summed E-state index contributed by atoms with van der Waals surface area (Å²) in [5.41, 5.74) is 1.39. The Hall–Kier alpha value is -2.74. The largest absolute Gasteiger partial charge is 0.467 e. The number of methoxy groups -OCH3 is 2. The molecule has 1 aliphatic carbocycles. The Morgan fingerprint density at radius 3 is 2.86 bits per heavy atom. The number of carbonyl (C=O) groups is 2. The minimum Gasteiger partial charge on any atom is -0.467 e. The number of hydrogen-bond donors (Lipinski definition) is 1. The van der Waals surface area contributed by atoms with Gasteiger partial charge in [-0.15, -0.1) is 0 Å². The van der Waals surface area contributed by atoms with Crippen molar-refractivity contribution in [3.8, 4) is 0 Å². The molecule has 2 aliphatic rings. The van der Waals surface area contributed by atoms with Gasteiger partial charge >= 0.3 is 5.97 Å². The number of amides is 1. The third-order valence-electron chi connectivity index (χ3n) is 5.07. The summed E-state index contributed by atoms with van der Waals surface area (Å²) in [6.07, 6.45) is 10.2. The molecule has 2 heterocycles. The molecule has 0 bridgehead atoms. The number of esters is 1. The monoisotopic (exact) mass is 388 g/mol. The molecule has 8 nitrogen and oxygen atoms in total. The van der Waals surface area contributed by atoms with E-state index >= 15 is 0 Å². The Labute approximate surface area is 166 Å². The van der Waals surface area contributed by atoms with E-state index in [2.05, 4.69) is 33.5 Å². The molecule has 1 saturated heterocycles. The molecule has 1 aromatic rings. The molecular weight excluding hydrogens is 360 g/mol. The van der Waals surface area contributed by atoms with Gasteiger partial charge in [0.15, 0.2) is 0 Å². The fraction of sp³-hybridized carbons (Fsp3) is 0.500. The van der Waals surface area contributed by atoms with E-state index in [9.17, 15) is 9.59 Å². The van der Waals surface area contributed by atoms with Crippen LogP contribution in [0, 0.1) is 0 Å². The SMILES string of the molecule is COC(=O)[C@@H]1C[C@@H](OC)CN1C(=O)c1ccnc(N[C@@H](C)C2=CCCC=C2)n1.[HH]. The number of anilines is 1. The fourth-order valence-corrected chi connectivity index (χ4v) is 3.48. The van der Waals surface area contributed by atoms with Gasteiger partial charge in [-0.1, -0.05) is 18.2 Å². The van der Waals surface area contributed by atoms with Gasteiger partial charge < -0.3 is 19.7 Å². The zero-order chi connectivity index (χ0) is 20.1. The third-order valence-corrected chi connectivity index (χ3v) is 5.07. The minimum absolute atomic E-state index is 0. The van der Waals surface area contributed by atoms with E-state index in [-0.39, 0.29) is 25.2 Å². The van der Waals surface area contributed by atoms with Crippen LogP contribution in [0.1, 0.15) is 38.1 Å². The van der Waals surface area contributed by atoms with Gasteiger partial charge in [0.1, 0.15) is 11.7 Å². The predicted octanol–water partition coefficient (Wildman–Crippen LogP) is 2.20. The lowest BCUT2D eigenvalue weighted by atomic mass is 10.0. The van der Waals surface area contributed by atoms with Gasteiger partial charge in [-0.25, -0.2) is 14.8 Å². The van der Waals surface area contributed by atoms with E-state index < -0.39 is 12.0 Å². The molecule has 1 N–H and O–H groups in total. The summed E-state index contributed by atoms with van der Waals surface area (Å²) >= 11 is 0. The Morgan fingerprint density at radius 1 is 1.36 bits per heavy atom. The van der Waals surface area contributed by atoms with Gasteiger partial charge in [0.05, 0.1) is 19.3 Å². The Kier molecular flexibility index (Phi) is 6.41. The number of allylic oxidation sites excluding steroid dienone is 2. The first kappa shape index (κ1) is 20.0. The molecular formula is C20H28N4O4. The Balaban J connectivity index is 0.00000300. The van der Waals surface area contributed by atoms with E-state index in [1.807, 2.05) is 6.92 Å². The number of ether oxygens (including phenoxy) is 2. The predicted molar refractivity (Wildman–Crippen MR) is 106 cm³/mol. The summed E-state index contributed by atoms with van der Waals surface area (Å²) in [7, 11) is 2.88. The summed E-state index contributed by atoms with van der Waals surface area (Å²) in [5, 5.41) is 3.23. The fourth-order valence-electron chi connectivity index (χ4n) is 3.48. The summed E-state index contributed by atoms with van der Waals surface area (Å²) in [4.78, 5) is 35.1. The average Bonchev–Trinajstić information content (AvgIpc) is 3.18. The smallest absolute Gasteiger partial charge is 0.328 e. The molecule has 0 spiro atoms. The first-order chi connectivity index (χ1) is 13.5. The van der Waals surface area contributed by atoms with E-state index in [4.69, 9.17) is 9.47 Å². The number of nitrogens with one attached hydrogen (secondary N) is 1. The van der Waals surface area contributed by atoms with Crippen LogP contribution >= 0.6 is 0 Å². The molecule has 0 unspecified atom stereocenters. The molecule has 28 heavy (non-hydrogen) atoms. The van der Waals surface area contributed by atoms with Crippen LogP contribution in [0.2, 0.25) is 0 Å². The van der Waals surface area contributed by atoms with Crippen LogP contribution in [0.5, 0.6) is 0 Å². The second kappa shape index (κ2) is 8.97. The first-order valence-corrected chi connectivity index (χ1v) is 9.41. The number of carbonyl (C=O) groups excluding carboxylic acids is 2. The number of aromatic nitrogens is 2. The zero-order valence-electron chi connectivity index (χ0n) is 16.4. The summed E-state index contributed by atoms with van der Waals surface area (Å²) in [5.74, 6) is -0.426. The quantitative estimate of drug-likeness (QED) is 0.747. The topological polar surface area (TPSA) is 93.7 Å². The highest BCUT2D eigenvalue weighted by atomic mass is 16.5. The lowest BCUT2D eigenvalue weighted by Crippen LogP contribution is -2.41. The van der Waals surface area contributed by atoms with Crippen LogP contribution in [-0.4, -0.2) is 65.7 Å². The number of rotatable bonds is 6. The van der Waals surface area contributed by atoms with Gasteiger partial charge in [0, 0.05) is 27.7 Å². The highest BCUT2D eigenvalue weighted by molar-refractivity contribution is 5.95. The number of likely N-dealkylation sites (tertiary alicyclic amines) is 1. The molecule has 1 aromatic heterocycles.